The number of fused-ring (bicyclic) bond motifs is 1. The van der Waals surface area contributed by atoms with E-state index < -0.39 is 29.5 Å². The third-order valence-corrected chi connectivity index (χ3v) is 7.63. The van der Waals surface area contributed by atoms with E-state index in [-0.39, 0.29) is 27.8 Å². The quantitative estimate of drug-likeness (QED) is 0.136. The maximum atomic E-state index is 13.6. The molecule has 3 heterocycles. The lowest BCUT2D eigenvalue weighted by molar-refractivity contribution is -0.132. The summed E-state index contributed by atoms with van der Waals surface area (Å²) in [5.41, 5.74) is 0.827. The molecule has 0 saturated carbocycles. The molecule has 12 heteroatoms. The molecule has 3 aromatic rings. The average Bonchev–Trinajstić information content (AvgIpc) is 3.50. The number of hydrogen-bond donors (Lipinski definition) is 1. The topological polar surface area (TPSA) is 134 Å². The fourth-order valence-electron chi connectivity index (χ4n) is 4.59. The van der Waals surface area contributed by atoms with Crippen molar-refractivity contribution < 1.29 is 43.2 Å². The highest BCUT2D eigenvalue weighted by atomic mass is 32.1. The molecule has 2 aromatic carbocycles. The number of benzene rings is 2. The van der Waals surface area contributed by atoms with E-state index in [0.717, 1.165) is 16.2 Å². The minimum atomic E-state index is -1.12. The monoisotopic (exact) mass is 578 g/mol. The number of aromatic nitrogens is 1. The summed E-state index contributed by atoms with van der Waals surface area (Å²) in [4.78, 5) is 45.5. The highest BCUT2D eigenvalue weighted by molar-refractivity contribution is 7.17. The molecule has 1 fully saturated rings. The number of ketones is 1. The summed E-state index contributed by atoms with van der Waals surface area (Å²) < 4.78 is 27.2. The Bertz CT molecular complexity index is 1590. The number of carbonyl (C=O) groups excluding carboxylic acids is 3. The van der Waals surface area contributed by atoms with Crippen LogP contribution in [0.1, 0.15) is 32.5 Å². The van der Waals surface area contributed by atoms with E-state index in [1.54, 1.807) is 43.3 Å². The Labute approximate surface area is 239 Å². The number of hydrogen-bond acceptors (Lipinski definition) is 11. The first kappa shape index (κ1) is 27.7. The smallest absolute Gasteiger partial charge is 0.350 e. The Kier molecular flexibility index (Phi) is 7.66. The molecule has 1 saturated heterocycles. The predicted octanol–water partition coefficient (Wildman–Crippen LogP) is 4.21. The zero-order valence-corrected chi connectivity index (χ0v) is 23.3. The molecule has 41 heavy (non-hydrogen) atoms. The molecule has 1 atom stereocenters. The van der Waals surface area contributed by atoms with Crippen LogP contribution in [0.2, 0.25) is 0 Å². The molecule has 2 aliphatic heterocycles. The highest BCUT2D eigenvalue weighted by Crippen LogP contribution is 2.46. The number of anilines is 1. The molecular formula is C29H26N2O9S. The molecule has 0 bridgehead atoms. The maximum absolute atomic E-state index is 13.6. The van der Waals surface area contributed by atoms with Gasteiger partial charge in [-0.05, 0) is 42.8 Å². The van der Waals surface area contributed by atoms with E-state index in [9.17, 15) is 19.5 Å². The van der Waals surface area contributed by atoms with Gasteiger partial charge in [-0.3, -0.25) is 14.5 Å². The minimum absolute atomic E-state index is 0.00278. The summed E-state index contributed by atoms with van der Waals surface area (Å²) in [6.45, 7) is 5.85. The molecule has 1 N–H and O–H groups in total. The third kappa shape index (κ3) is 4.97. The van der Waals surface area contributed by atoms with E-state index in [4.69, 9.17) is 23.7 Å². The minimum Gasteiger partial charge on any atom is -0.507 e. The van der Waals surface area contributed by atoms with Gasteiger partial charge in [-0.25, -0.2) is 9.78 Å². The predicted molar refractivity (Wildman–Crippen MR) is 149 cm³/mol. The molecule has 11 nitrogen and oxygen atoms in total. The molecule has 0 radical (unpaired) electrons. The van der Waals surface area contributed by atoms with Crippen molar-refractivity contribution in [3.05, 3.63) is 76.3 Å². The number of nitrogens with zero attached hydrogens (tertiary/aromatic N) is 2. The molecule has 212 valence electrons. The first-order valence-corrected chi connectivity index (χ1v) is 13.3. The van der Waals surface area contributed by atoms with Gasteiger partial charge < -0.3 is 28.8 Å². The van der Waals surface area contributed by atoms with Crippen LogP contribution in [-0.2, 0) is 14.3 Å². The van der Waals surface area contributed by atoms with Gasteiger partial charge in [0.15, 0.2) is 28.1 Å². The van der Waals surface area contributed by atoms with Crippen LogP contribution in [0.5, 0.6) is 23.0 Å². The fraction of sp³-hybridized carbons (Fsp3) is 0.241. The number of Topliss-reactive ketones (excluding diaryl/α,β-unsaturated/α-hetero) is 1. The Morgan fingerprint density at radius 2 is 1.85 bits per heavy atom. The largest absolute Gasteiger partial charge is 0.507 e. The van der Waals surface area contributed by atoms with E-state index in [2.05, 4.69) is 11.6 Å². The van der Waals surface area contributed by atoms with Crippen molar-refractivity contribution in [2.45, 2.75) is 13.0 Å². The van der Waals surface area contributed by atoms with Crippen LogP contribution in [0, 0.1) is 6.92 Å². The van der Waals surface area contributed by atoms with Gasteiger partial charge in [0.1, 0.15) is 30.5 Å². The SMILES string of the molecule is C=CCOC(=O)c1sc(N2C(=O)C(=O)C(=C(O)c3ccc4c(c3)OCCO4)C2c2ccc(OC)c(OC)c2)nc1C. The number of aryl methyl sites for hydroxylation is 1. The van der Waals surface area contributed by atoms with Crippen LogP contribution >= 0.6 is 11.3 Å². The number of carbonyl (C=O) groups is 3. The molecule has 1 amide bonds. The van der Waals surface area contributed by atoms with Crippen LogP contribution in [-0.4, -0.2) is 61.8 Å². The number of ether oxygens (including phenoxy) is 5. The standard InChI is InChI=1S/C29H26N2O9S/c1-5-10-40-28(35)26-15(2)30-29(41-26)31-23(16-6-8-18(36-3)20(13-16)37-4)22(25(33)27(31)34)24(32)17-7-9-19-21(14-17)39-12-11-38-19/h5-9,13-14,23,32H,1,10-12H2,2-4H3. The van der Waals surface area contributed by atoms with Gasteiger partial charge in [0, 0.05) is 5.56 Å². The number of rotatable bonds is 8. The van der Waals surface area contributed by atoms with Gasteiger partial charge >= 0.3 is 11.9 Å². The number of methoxy groups -OCH3 is 2. The number of aliphatic hydroxyl groups excluding tert-OH is 1. The van der Waals surface area contributed by atoms with Crippen molar-refractivity contribution in [2.24, 2.45) is 0 Å². The summed E-state index contributed by atoms with van der Waals surface area (Å²) in [5, 5.41) is 11.6. The lowest BCUT2D eigenvalue weighted by Gasteiger charge is -2.24. The molecule has 0 aliphatic carbocycles. The van der Waals surface area contributed by atoms with Gasteiger partial charge in [0.25, 0.3) is 5.78 Å². The van der Waals surface area contributed by atoms with Gasteiger partial charge in [0.2, 0.25) is 0 Å². The van der Waals surface area contributed by atoms with E-state index in [1.165, 1.54) is 20.3 Å². The molecule has 5 rings (SSSR count). The Morgan fingerprint density at radius 1 is 1.12 bits per heavy atom. The summed E-state index contributed by atoms with van der Waals surface area (Å²) in [6.07, 6.45) is 1.43. The van der Waals surface area contributed by atoms with Gasteiger partial charge in [-0.1, -0.05) is 30.1 Å². The molecule has 1 aromatic heterocycles. The lowest BCUT2D eigenvalue weighted by atomic mass is 9.95. The molecule has 0 spiro atoms. The van der Waals surface area contributed by atoms with Crippen molar-refractivity contribution in [1.82, 2.24) is 4.98 Å². The second kappa shape index (κ2) is 11.3. The number of esters is 1. The van der Waals surface area contributed by atoms with Gasteiger partial charge in [-0.15, -0.1) is 0 Å². The summed E-state index contributed by atoms with van der Waals surface area (Å²) in [5.74, 6) is -1.24. The van der Waals surface area contributed by atoms with Crippen molar-refractivity contribution in [1.29, 1.82) is 0 Å². The number of thiazole rings is 1. The van der Waals surface area contributed by atoms with Crippen molar-refractivity contribution >= 4 is 39.9 Å². The second-order valence-electron chi connectivity index (χ2n) is 8.94. The van der Waals surface area contributed by atoms with Crippen molar-refractivity contribution in [3.8, 4) is 23.0 Å². The number of amides is 1. The zero-order chi connectivity index (χ0) is 29.3. The molecule has 1 unspecified atom stereocenters. The molecular weight excluding hydrogens is 552 g/mol. The van der Waals surface area contributed by atoms with Crippen LogP contribution in [0.25, 0.3) is 5.76 Å². The van der Waals surface area contributed by atoms with Crippen LogP contribution in [0.15, 0.2) is 54.6 Å². The normalized spacial score (nSPS) is 17.3. The van der Waals surface area contributed by atoms with Crippen LogP contribution in [0.4, 0.5) is 5.13 Å². The first-order valence-electron chi connectivity index (χ1n) is 12.5. The maximum Gasteiger partial charge on any atom is 0.350 e. The van der Waals surface area contributed by atoms with Crippen molar-refractivity contribution in [2.75, 3.05) is 38.9 Å². The Balaban J connectivity index is 1.68. The summed E-state index contributed by atoms with van der Waals surface area (Å²) in [6, 6.07) is 8.51. The van der Waals surface area contributed by atoms with E-state index in [1.807, 2.05) is 0 Å². The average molecular weight is 579 g/mol. The zero-order valence-electron chi connectivity index (χ0n) is 22.5. The third-order valence-electron chi connectivity index (χ3n) is 6.49. The summed E-state index contributed by atoms with van der Waals surface area (Å²) >= 11 is 0.902. The number of aliphatic hydroxyl groups is 1. The van der Waals surface area contributed by atoms with E-state index in [0.29, 0.717) is 47.5 Å². The van der Waals surface area contributed by atoms with Crippen LogP contribution in [0.3, 0.4) is 0 Å². The highest BCUT2D eigenvalue weighted by Gasteiger charge is 2.48. The van der Waals surface area contributed by atoms with Gasteiger partial charge in [-0.2, -0.15) is 0 Å². The van der Waals surface area contributed by atoms with Crippen LogP contribution < -0.4 is 23.8 Å². The van der Waals surface area contributed by atoms with E-state index >= 15 is 0 Å². The first-order chi connectivity index (χ1) is 19.8. The van der Waals surface area contributed by atoms with Gasteiger partial charge in [0.05, 0.1) is 31.5 Å². The second-order valence-corrected chi connectivity index (χ2v) is 9.92. The molecule has 2 aliphatic rings. The lowest BCUT2D eigenvalue weighted by Crippen LogP contribution is -2.29. The Hall–Kier alpha value is -4.84. The Morgan fingerprint density at radius 3 is 2.56 bits per heavy atom. The fourth-order valence-corrected chi connectivity index (χ4v) is 5.58. The summed E-state index contributed by atoms with van der Waals surface area (Å²) in [7, 11) is 2.94. The van der Waals surface area contributed by atoms with Crippen molar-refractivity contribution in [3.63, 3.8) is 0 Å².